The normalized spacial score (nSPS) is 19.3. The third-order valence-electron chi connectivity index (χ3n) is 6.05. The topological polar surface area (TPSA) is 90.9 Å². The van der Waals surface area contributed by atoms with E-state index < -0.39 is 24.3 Å². The fraction of sp³-hybridized carbons (Fsp3) is 0.231. The van der Waals surface area contributed by atoms with Crippen molar-refractivity contribution >= 4 is 33.6 Å². The summed E-state index contributed by atoms with van der Waals surface area (Å²) in [5.41, 5.74) is 2.19. The Morgan fingerprint density at radius 3 is 2.32 bits per heavy atom. The second kappa shape index (κ2) is 10.3. The lowest BCUT2D eigenvalue weighted by Gasteiger charge is -2.34. The number of nitrogens with zero attached hydrogens (tertiary/aromatic N) is 1. The number of aliphatic hydroxyl groups excluding tert-OH is 1. The highest BCUT2D eigenvalue weighted by Gasteiger charge is 2.47. The summed E-state index contributed by atoms with van der Waals surface area (Å²) < 4.78 is 6.08. The molecule has 3 aromatic rings. The van der Waals surface area contributed by atoms with Gasteiger partial charge < -0.3 is 20.5 Å². The van der Waals surface area contributed by atoms with Gasteiger partial charge in [0.25, 0.3) is 0 Å². The molecular formula is C26H26BrN3O4. The highest BCUT2D eigenvalue weighted by Crippen LogP contribution is 2.34. The number of carbonyl (C=O) groups is 2. The Labute approximate surface area is 206 Å². The van der Waals surface area contributed by atoms with E-state index in [1.807, 2.05) is 49.4 Å². The van der Waals surface area contributed by atoms with Gasteiger partial charge >= 0.3 is 6.03 Å². The van der Waals surface area contributed by atoms with Crippen LogP contribution >= 0.6 is 15.9 Å². The minimum absolute atomic E-state index is 0.383. The summed E-state index contributed by atoms with van der Waals surface area (Å²) in [6.07, 6.45) is -1.24. The number of rotatable bonds is 7. The molecule has 3 amide bonds. The Hall–Kier alpha value is -3.36. The molecule has 176 valence electrons. The molecule has 0 aromatic heterocycles. The first-order chi connectivity index (χ1) is 16.4. The maximum Gasteiger partial charge on any atom is 0.320 e. The number of hydrogen-bond acceptors (Lipinski definition) is 4. The van der Waals surface area contributed by atoms with Crippen molar-refractivity contribution in [2.45, 2.75) is 31.2 Å². The molecule has 0 saturated carbocycles. The molecule has 1 fully saturated rings. The quantitative estimate of drug-likeness (QED) is 0.420. The summed E-state index contributed by atoms with van der Waals surface area (Å²) in [5, 5.41) is 17.0. The number of methoxy groups -OCH3 is 1. The fourth-order valence-corrected chi connectivity index (χ4v) is 4.47. The molecule has 0 bridgehead atoms. The van der Waals surface area contributed by atoms with Crippen LogP contribution in [0.5, 0.6) is 5.75 Å². The minimum atomic E-state index is -1.24. The van der Waals surface area contributed by atoms with E-state index in [9.17, 15) is 14.7 Å². The van der Waals surface area contributed by atoms with Crippen LogP contribution < -0.4 is 15.4 Å². The van der Waals surface area contributed by atoms with Gasteiger partial charge in [-0.15, -0.1) is 0 Å². The zero-order chi connectivity index (χ0) is 24.2. The number of amides is 3. The Morgan fingerprint density at radius 1 is 1.06 bits per heavy atom. The van der Waals surface area contributed by atoms with Crippen LogP contribution in [0.2, 0.25) is 0 Å². The van der Waals surface area contributed by atoms with E-state index >= 15 is 0 Å². The number of nitrogens with one attached hydrogen (secondary N) is 2. The van der Waals surface area contributed by atoms with Gasteiger partial charge in [0.15, 0.2) is 6.23 Å². The summed E-state index contributed by atoms with van der Waals surface area (Å²) in [7, 11) is 1.57. The molecule has 34 heavy (non-hydrogen) atoms. The average Bonchev–Trinajstić information content (AvgIpc) is 3.15. The molecule has 1 saturated heterocycles. The van der Waals surface area contributed by atoms with Crippen molar-refractivity contribution in [3.05, 3.63) is 94.5 Å². The van der Waals surface area contributed by atoms with E-state index in [1.54, 1.807) is 43.5 Å². The number of carbonyl (C=O) groups excluding carboxylic acids is 2. The summed E-state index contributed by atoms with van der Waals surface area (Å²) >= 11 is 3.39. The lowest BCUT2D eigenvalue weighted by molar-refractivity contribution is -0.124. The smallest absolute Gasteiger partial charge is 0.320 e. The molecule has 1 heterocycles. The van der Waals surface area contributed by atoms with Crippen LogP contribution in [0.15, 0.2) is 83.3 Å². The molecule has 4 atom stereocenters. The van der Waals surface area contributed by atoms with E-state index in [2.05, 4.69) is 26.6 Å². The molecule has 1 aliphatic heterocycles. The lowest BCUT2D eigenvalue weighted by atomic mass is 9.91. The maximum atomic E-state index is 13.5. The van der Waals surface area contributed by atoms with Gasteiger partial charge in [-0.1, -0.05) is 65.3 Å². The Balaban J connectivity index is 1.66. The van der Waals surface area contributed by atoms with Crippen LogP contribution in [0.25, 0.3) is 0 Å². The molecule has 3 aromatic carbocycles. The SMILES string of the molecule is COc1ccc([C@H]2NC(=O)N([C@H](C(=O)Nc3ccc(Br)cc3)[C@@H](C)c3ccccc3)[C@@H]2O)cc1. The second-order valence-corrected chi connectivity index (χ2v) is 9.08. The third kappa shape index (κ3) is 4.93. The largest absolute Gasteiger partial charge is 0.497 e. The van der Waals surface area contributed by atoms with Gasteiger partial charge in [-0.05, 0) is 47.5 Å². The van der Waals surface area contributed by atoms with E-state index in [-0.39, 0.29) is 11.8 Å². The van der Waals surface area contributed by atoms with Gasteiger partial charge in [-0.25, -0.2) is 4.79 Å². The van der Waals surface area contributed by atoms with Crippen molar-refractivity contribution < 1.29 is 19.4 Å². The Morgan fingerprint density at radius 2 is 1.71 bits per heavy atom. The minimum Gasteiger partial charge on any atom is -0.497 e. The predicted octanol–water partition coefficient (Wildman–Crippen LogP) is 4.65. The van der Waals surface area contributed by atoms with Crippen LogP contribution in [0.3, 0.4) is 0 Å². The van der Waals surface area contributed by atoms with E-state index in [0.29, 0.717) is 17.0 Å². The first kappa shape index (κ1) is 23.8. The van der Waals surface area contributed by atoms with Crippen LogP contribution in [-0.2, 0) is 4.79 Å². The lowest BCUT2D eigenvalue weighted by Crippen LogP contribution is -2.52. The van der Waals surface area contributed by atoms with Crippen LogP contribution in [0, 0.1) is 0 Å². The van der Waals surface area contributed by atoms with Crippen molar-refractivity contribution in [2.24, 2.45) is 0 Å². The zero-order valence-electron chi connectivity index (χ0n) is 18.8. The third-order valence-corrected chi connectivity index (χ3v) is 6.58. The number of aliphatic hydroxyl groups is 1. The second-order valence-electron chi connectivity index (χ2n) is 8.16. The standard InChI is InChI=1S/C26H26BrN3O4/c1-16(17-6-4-3-5-7-17)23(24(31)28-20-12-10-19(27)11-13-20)30-25(32)22(29-26(30)33)18-8-14-21(34-2)15-9-18/h3-16,22-23,25,32H,1-2H3,(H,28,31)(H,29,33)/t16-,22+,23-,25+/m0/s1. The summed E-state index contributed by atoms with van der Waals surface area (Å²) in [6.45, 7) is 1.88. The van der Waals surface area contributed by atoms with Crippen molar-refractivity contribution in [1.82, 2.24) is 10.2 Å². The van der Waals surface area contributed by atoms with Crippen molar-refractivity contribution in [3.63, 3.8) is 0 Å². The highest BCUT2D eigenvalue weighted by atomic mass is 79.9. The number of urea groups is 1. The fourth-order valence-electron chi connectivity index (χ4n) is 4.20. The van der Waals surface area contributed by atoms with E-state index in [4.69, 9.17) is 4.74 Å². The van der Waals surface area contributed by atoms with Gasteiger partial charge in [-0.3, -0.25) is 9.69 Å². The van der Waals surface area contributed by atoms with Gasteiger partial charge in [0.1, 0.15) is 17.8 Å². The van der Waals surface area contributed by atoms with Crippen LogP contribution in [0.1, 0.15) is 30.0 Å². The molecular weight excluding hydrogens is 498 g/mol. The molecule has 0 spiro atoms. The zero-order valence-corrected chi connectivity index (χ0v) is 20.4. The molecule has 4 rings (SSSR count). The highest BCUT2D eigenvalue weighted by molar-refractivity contribution is 9.10. The molecule has 7 nitrogen and oxygen atoms in total. The van der Waals surface area contributed by atoms with Gasteiger partial charge in [0.05, 0.1) is 7.11 Å². The van der Waals surface area contributed by atoms with E-state index in [1.165, 1.54) is 4.90 Å². The Kier molecular flexibility index (Phi) is 7.19. The molecule has 0 radical (unpaired) electrons. The molecule has 0 unspecified atom stereocenters. The molecule has 0 aliphatic carbocycles. The van der Waals surface area contributed by atoms with Gasteiger partial charge in [0, 0.05) is 16.1 Å². The maximum absolute atomic E-state index is 13.5. The number of benzene rings is 3. The van der Waals surface area contributed by atoms with Crippen LogP contribution in [0.4, 0.5) is 10.5 Å². The first-order valence-corrected chi connectivity index (χ1v) is 11.7. The summed E-state index contributed by atoms with van der Waals surface area (Å²) in [6, 6.07) is 21.6. The Bertz CT molecular complexity index is 1140. The number of anilines is 1. The van der Waals surface area contributed by atoms with Crippen LogP contribution in [-0.4, -0.2) is 41.3 Å². The van der Waals surface area contributed by atoms with Crippen molar-refractivity contribution in [1.29, 1.82) is 0 Å². The van der Waals surface area contributed by atoms with Crippen molar-refractivity contribution in [3.8, 4) is 5.75 Å². The number of ether oxygens (including phenoxy) is 1. The van der Waals surface area contributed by atoms with Crippen molar-refractivity contribution in [2.75, 3.05) is 12.4 Å². The molecule has 8 heteroatoms. The number of hydrogen-bond donors (Lipinski definition) is 3. The van der Waals surface area contributed by atoms with Gasteiger partial charge in [-0.2, -0.15) is 0 Å². The predicted molar refractivity (Wildman–Crippen MR) is 134 cm³/mol. The van der Waals surface area contributed by atoms with E-state index in [0.717, 1.165) is 10.0 Å². The molecule has 3 N–H and O–H groups in total. The van der Waals surface area contributed by atoms with Gasteiger partial charge in [0.2, 0.25) is 5.91 Å². The first-order valence-electron chi connectivity index (χ1n) is 10.9. The number of halogens is 1. The monoisotopic (exact) mass is 523 g/mol. The molecule has 1 aliphatic rings. The average molecular weight is 524 g/mol. The summed E-state index contributed by atoms with van der Waals surface area (Å²) in [5.74, 6) is -0.0983. The summed E-state index contributed by atoms with van der Waals surface area (Å²) in [4.78, 5) is 27.9.